The van der Waals surface area contributed by atoms with Crippen LogP contribution in [0.3, 0.4) is 0 Å². The largest absolute Gasteiger partial charge is 0.354 e. The molecule has 0 saturated carbocycles. The fourth-order valence-corrected chi connectivity index (χ4v) is 2.18. The molecule has 16 heavy (non-hydrogen) atoms. The van der Waals surface area contributed by atoms with Crippen LogP contribution in [0.2, 0.25) is 0 Å². The van der Waals surface area contributed by atoms with Gasteiger partial charge < -0.3 is 11.1 Å². The summed E-state index contributed by atoms with van der Waals surface area (Å²) < 4.78 is 0. The molecule has 1 aromatic rings. The lowest BCUT2D eigenvalue weighted by molar-refractivity contribution is -0.120. The van der Waals surface area contributed by atoms with Crippen LogP contribution in [0.1, 0.15) is 31.0 Å². The SMILES string of the molecule is CC(C)NC(=O)Cc1csc(CCCN)n1. The maximum absolute atomic E-state index is 11.5. The first-order chi connectivity index (χ1) is 7.61. The zero-order valence-electron chi connectivity index (χ0n) is 9.82. The van der Waals surface area contributed by atoms with E-state index in [-0.39, 0.29) is 11.9 Å². The topological polar surface area (TPSA) is 68.0 Å². The monoisotopic (exact) mass is 241 g/mol. The van der Waals surface area contributed by atoms with E-state index in [1.54, 1.807) is 11.3 Å². The van der Waals surface area contributed by atoms with Crippen LogP contribution in [0.5, 0.6) is 0 Å². The Bertz CT molecular complexity index is 336. The minimum atomic E-state index is 0.0330. The lowest BCUT2D eigenvalue weighted by Gasteiger charge is -2.06. The molecule has 4 nitrogen and oxygen atoms in total. The molecule has 0 saturated heterocycles. The van der Waals surface area contributed by atoms with Crippen molar-refractivity contribution in [3.05, 3.63) is 16.1 Å². The van der Waals surface area contributed by atoms with Crippen LogP contribution in [0, 0.1) is 0 Å². The molecule has 0 atom stereocenters. The predicted molar refractivity (Wildman–Crippen MR) is 66.5 cm³/mol. The Labute approximate surface area is 100 Å². The van der Waals surface area contributed by atoms with E-state index >= 15 is 0 Å². The van der Waals surface area contributed by atoms with Gasteiger partial charge in [0.05, 0.1) is 17.1 Å². The van der Waals surface area contributed by atoms with Crippen LogP contribution in [0.25, 0.3) is 0 Å². The summed E-state index contributed by atoms with van der Waals surface area (Å²) in [4.78, 5) is 15.9. The second-order valence-corrected chi connectivity index (χ2v) is 4.97. The van der Waals surface area contributed by atoms with Gasteiger partial charge >= 0.3 is 0 Å². The van der Waals surface area contributed by atoms with E-state index in [0.717, 1.165) is 23.5 Å². The highest BCUT2D eigenvalue weighted by molar-refractivity contribution is 7.09. The summed E-state index contributed by atoms with van der Waals surface area (Å²) in [6, 6.07) is 0.183. The number of aromatic nitrogens is 1. The Morgan fingerprint density at radius 3 is 3.00 bits per heavy atom. The van der Waals surface area contributed by atoms with Crippen molar-refractivity contribution in [2.75, 3.05) is 6.54 Å². The second-order valence-electron chi connectivity index (χ2n) is 4.02. The highest BCUT2D eigenvalue weighted by Gasteiger charge is 2.08. The van der Waals surface area contributed by atoms with E-state index in [1.165, 1.54) is 0 Å². The molecule has 0 spiro atoms. The molecule has 90 valence electrons. The van der Waals surface area contributed by atoms with Gasteiger partial charge in [-0.05, 0) is 26.8 Å². The van der Waals surface area contributed by atoms with E-state index in [4.69, 9.17) is 5.73 Å². The summed E-state index contributed by atoms with van der Waals surface area (Å²) in [5, 5.41) is 5.87. The molecule has 0 aliphatic rings. The van der Waals surface area contributed by atoms with Crippen molar-refractivity contribution in [1.29, 1.82) is 0 Å². The minimum absolute atomic E-state index is 0.0330. The van der Waals surface area contributed by atoms with E-state index in [0.29, 0.717) is 13.0 Å². The van der Waals surface area contributed by atoms with Crippen molar-refractivity contribution in [1.82, 2.24) is 10.3 Å². The molecule has 0 aromatic carbocycles. The predicted octanol–water partition coefficient (Wildman–Crippen LogP) is 1.10. The fraction of sp³-hybridized carbons (Fsp3) is 0.636. The average molecular weight is 241 g/mol. The molecule has 1 aromatic heterocycles. The number of thiazole rings is 1. The van der Waals surface area contributed by atoms with Crippen LogP contribution < -0.4 is 11.1 Å². The number of hydrogen-bond acceptors (Lipinski definition) is 4. The van der Waals surface area contributed by atoms with Gasteiger partial charge in [0.1, 0.15) is 0 Å². The van der Waals surface area contributed by atoms with E-state index in [9.17, 15) is 4.79 Å². The van der Waals surface area contributed by atoms with Gasteiger partial charge in [0, 0.05) is 17.8 Å². The Hall–Kier alpha value is -0.940. The van der Waals surface area contributed by atoms with Crippen molar-refractivity contribution in [3.8, 4) is 0 Å². The molecular formula is C11H19N3OS. The van der Waals surface area contributed by atoms with Gasteiger partial charge in [0.2, 0.25) is 5.91 Å². The third kappa shape index (κ3) is 4.72. The Morgan fingerprint density at radius 2 is 2.38 bits per heavy atom. The molecular weight excluding hydrogens is 222 g/mol. The molecule has 0 fully saturated rings. The van der Waals surface area contributed by atoms with Crippen LogP contribution in [0.15, 0.2) is 5.38 Å². The molecule has 0 aliphatic heterocycles. The summed E-state index contributed by atoms with van der Waals surface area (Å²) in [6.07, 6.45) is 2.23. The number of amides is 1. The van der Waals surface area contributed by atoms with Crippen LogP contribution in [-0.4, -0.2) is 23.5 Å². The summed E-state index contributed by atoms with van der Waals surface area (Å²) in [7, 11) is 0. The van der Waals surface area contributed by atoms with Crippen LogP contribution >= 0.6 is 11.3 Å². The smallest absolute Gasteiger partial charge is 0.226 e. The van der Waals surface area contributed by atoms with Crippen molar-refractivity contribution in [3.63, 3.8) is 0 Å². The van der Waals surface area contributed by atoms with Gasteiger partial charge in [-0.3, -0.25) is 4.79 Å². The number of nitrogens with one attached hydrogen (secondary N) is 1. The van der Waals surface area contributed by atoms with Crippen LogP contribution in [0.4, 0.5) is 0 Å². The van der Waals surface area contributed by atoms with Crippen molar-refractivity contribution in [2.45, 2.75) is 39.2 Å². The number of nitrogens with zero attached hydrogens (tertiary/aromatic N) is 1. The first-order valence-corrected chi connectivity index (χ1v) is 6.42. The Kier molecular flexibility index (Phi) is 5.42. The van der Waals surface area contributed by atoms with Crippen molar-refractivity contribution < 1.29 is 4.79 Å². The maximum atomic E-state index is 11.5. The summed E-state index contributed by atoms with van der Waals surface area (Å²) in [5.74, 6) is 0.0330. The summed E-state index contributed by atoms with van der Waals surface area (Å²) in [6.45, 7) is 4.58. The van der Waals surface area contributed by atoms with Gasteiger partial charge in [0.25, 0.3) is 0 Å². The molecule has 5 heteroatoms. The minimum Gasteiger partial charge on any atom is -0.354 e. The number of carbonyl (C=O) groups is 1. The zero-order chi connectivity index (χ0) is 12.0. The van der Waals surface area contributed by atoms with Gasteiger partial charge in [-0.15, -0.1) is 11.3 Å². The average Bonchev–Trinajstić information content (AvgIpc) is 2.61. The van der Waals surface area contributed by atoms with Crippen molar-refractivity contribution in [2.24, 2.45) is 5.73 Å². The standard InChI is InChI=1S/C11H19N3OS/c1-8(2)13-10(15)6-9-7-16-11(14-9)4-3-5-12/h7-8H,3-6,12H2,1-2H3,(H,13,15). The zero-order valence-corrected chi connectivity index (χ0v) is 10.6. The first kappa shape index (κ1) is 13.1. The maximum Gasteiger partial charge on any atom is 0.226 e. The number of aryl methyl sites for hydroxylation is 1. The lowest BCUT2D eigenvalue weighted by Crippen LogP contribution is -2.31. The molecule has 1 heterocycles. The first-order valence-electron chi connectivity index (χ1n) is 5.54. The molecule has 0 aliphatic carbocycles. The third-order valence-electron chi connectivity index (χ3n) is 1.99. The number of nitrogens with two attached hydrogens (primary N) is 1. The highest BCUT2D eigenvalue weighted by Crippen LogP contribution is 2.12. The molecule has 0 radical (unpaired) electrons. The second kappa shape index (κ2) is 6.60. The Balaban J connectivity index is 2.42. The molecule has 3 N–H and O–H groups in total. The van der Waals surface area contributed by atoms with Gasteiger partial charge in [-0.1, -0.05) is 0 Å². The number of hydrogen-bond donors (Lipinski definition) is 2. The normalized spacial score (nSPS) is 10.8. The highest BCUT2D eigenvalue weighted by atomic mass is 32.1. The fourth-order valence-electron chi connectivity index (χ4n) is 1.34. The number of carbonyl (C=O) groups excluding carboxylic acids is 1. The van der Waals surface area contributed by atoms with Gasteiger partial charge in [0.15, 0.2) is 0 Å². The van der Waals surface area contributed by atoms with Crippen LogP contribution in [-0.2, 0) is 17.6 Å². The van der Waals surface area contributed by atoms with Gasteiger partial charge in [-0.25, -0.2) is 4.98 Å². The van der Waals surface area contributed by atoms with Gasteiger partial charge in [-0.2, -0.15) is 0 Å². The number of rotatable bonds is 6. The lowest BCUT2D eigenvalue weighted by atomic mass is 10.3. The quantitative estimate of drug-likeness (QED) is 0.783. The van der Waals surface area contributed by atoms with E-state index < -0.39 is 0 Å². The van der Waals surface area contributed by atoms with E-state index in [1.807, 2.05) is 19.2 Å². The Morgan fingerprint density at radius 1 is 1.62 bits per heavy atom. The third-order valence-corrected chi connectivity index (χ3v) is 2.94. The summed E-state index contributed by atoms with van der Waals surface area (Å²) in [5.41, 5.74) is 6.29. The van der Waals surface area contributed by atoms with E-state index in [2.05, 4.69) is 10.3 Å². The summed E-state index contributed by atoms with van der Waals surface area (Å²) >= 11 is 1.60. The van der Waals surface area contributed by atoms with Crippen molar-refractivity contribution >= 4 is 17.2 Å². The molecule has 1 rings (SSSR count). The molecule has 0 unspecified atom stereocenters. The molecule has 1 amide bonds. The molecule has 0 bridgehead atoms.